The fourth-order valence-electron chi connectivity index (χ4n) is 4.21. The molecule has 2 nitrogen and oxygen atoms in total. The number of allylic oxidation sites excluding steroid dienone is 1. The van der Waals surface area contributed by atoms with Crippen LogP contribution in [0.4, 0.5) is 0 Å². The van der Waals surface area contributed by atoms with Crippen LogP contribution in [-0.4, -0.2) is 12.6 Å². The van der Waals surface area contributed by atoms with Crippen molar-refractivity contribution in [1.82, 2.24) is 0 Å². The van der Waals surface area contributed by atoms with Crippen molar-refractivity contribution in [1.29, 1.82) is 0 Å². The van der Waals surface area contributed by atoms with Crippen molar-refractivity contribution in [3.8, 4) is 0 Å². The summed E-state index contributed by atoms with van der Waals surface area (Å²) < 4.78 is 5.27. The lowest BCUT2D eigenvalue weighted by molar-refractivity contribution is -0.147. The molecule has 0 saturated heterocycles. The quantitative estimate of drug-likeness (QED) is 0.492. The topological polar surface area (TPSA) is 26.3 Å². The first-order valence-electron chi connectivity index (χ1n) is 9.11. The van der Waals surface area contributed by atoms with E-state index < -0.39 is 0 Å². The Morgan fingerprint density at radius 3 is 2.52 bits per heavy atom. The van der Waals surface area contributed by atoms with Crippen LogP contribution in [0.1, 0.15) is 78.1 Å². The van der Waals surface area contributed by atoms with Crippen LogP contribution in [0, 0.1) is 17.8 Å². The second kappa shape index (κ2) is 8.60. The van der Waals surface area contributed by atoms with Crippen molar-refractivity contribution >= 4 is 5.97 Å². The van der Waals surface area contributed by atoms with Crippen LogP contribution < -0.4 is 0 Å². The zero-order valence-corrected chi connectivity index (χ0v) is 13.9. The van der Waals surface area contributed by atoms with Gasteiger partial charge in [-0.05, 0) is 44.4 Å². The van der Waals surface area contributed by atoms with Gasteiger partial charge >= 0.3 is 5.97 Å². The third-order valence-corrected chi connectivity index (χ3v) is 5.40. The Balaban J connectivity index is 1.93. The van der Waals surface area contributed by atoms with Crippen LogP contribution in [0.15, 0.2) is 11.6 Å². The van der Waals surface area contributed by atoms with Crippen molar-refractivity contribution in [2.45, 2.75) is 78.1 Å². The van der Waals surface area contributed by atoms with Crippen molar-refractivity contribution in [2.24, 2.45) is 17.8 Å². The van der Waals surface area contributed by atoms with Crippen molar-refractivity contribution < 1.29 is 9.53 Å². The molecule has 0 heterocycles. The molecule has 0 aliphatic heterocycles. The van der Waals surface area contributed by atoms with Crippen LogP contribution in [0.25, 0.3) is 0 Å². The van der Waals surface area contributed by atoms with Gasteiger partial charge in [0.25, 0.3) is 0 Å². The first kappa shape index (κ1) is 16.6. The number of ether oxygens (including phenoxy) is 1. The summed E-state index contributed by atoms with van der Waals surface area (Å²) in [5.41, 5.74) is 1.36. The summed E-state index contributed by atoms with van der Waals surface area (Å²) in [6.07, 6.45) is 15.1. The lowest BCUT2D eigenvalue weighted by Crippen LogP contribution is -2.25. The van der Waals surface area contributed by atoms with Crippen LogP contribution in [-0.2, 0) is 9.53 Å². The van der Waals surface area contributed by atoms with Crippen molar-refractivity contribution in [3.63, 3.8) is 0 Å². The molecule has 2 aliphatic rings. The molecule has 120 valence electrons. The molecule has 0 unspecified atom stereocenters. The molecule has 0 spiro atoms. The van der Waals surface area contributed by atoms with Gasteiger partial charge in [0.15, 0.2) is 0 Å². The number of carbonyl (C=O) groups excluding carboxylic acids is 1. The van der Waals surface area contributed by atoms with Gasteiger partial charge in [-0.1, -0.05) is 57.1 Å². The van der Waals surface area contributed by atoms with Crippen molar-refractivity contribution in [3.05, 3.63) is 11.6 Å². The Hall–Kier alpha value is -0.790. The second-order valence-corrected chi connectivity index (χ2v) is 6.80. The molecular weight excluding hydrogens is 260 g/mol. The first-order valence-corrected chi connectivity index (χ1v) is 9.11. The lowest BCUT2D eigenvalue weighted by atomic mass is 9.72. The number of hydrogen-bond donors (Lipinski definition) is 0. The van der Waals surface area contributed by atoms with Crippen LogP contribution >= 0.6 is 0 Å². The standard InChI is InChI=1S/C19H32O2/c1-3-8-18(19(20)21-4-2)17-13-11-16(12-14-17)15-9-6-5-7-10-15/h13,15-16,18H,3-12,14H2,1-2H3/t16-,18-/m1/s1. The van der Waals surface area contributed by atoms with E-state index in [1.807, 2.05) is 6.92 Å². The van der Waals surface area contributed by atoms with Gasteiger partial charge in [0.2, 0.25) is 0 Å². The van der Waals surface area contributed by atoms with E-state index in [0.29, 0.717) is 6.61 Å². The molecular formula is C19H32O2. The number of rotatable bonds is 6. The van der Waals surface area contributed by atoms with E-state index in [0.717, 1.165) is 31.1 Å². The molecule has 1 saturated carbocycles. The molecule has 0 amide bonds. The Morgan fingerprint density at radius 2 is 1.95 bits per heavy atom. The molecule has 0 aromatic carbocycles. The molecule has 21 heavy (non-hydrogen) atoms. The maximum Gasteiger partial charge on any atom is 0.313 e. The minimum Gasteiger partial charge on any atom is -0.466 e. The van der Waals surface area contributed by atoms with Gasteiger partial charge in [0.05, 0.1) is 12.5 Å². The predicted molar refractivity (Wildman–Crippen MR) is 87.0 cm³/mol. The Bertz CT molecular complexity index is 353. The normalized spacial score (nSPS) is 25.2. The average molecular weight is 292 g/mol. The maximum atomic E-state index is 12.2. The lowest BCUT2D eigenvalue weighted by Gasteiger charge is -2.33. The average Bonchev–Trinajstić information content (AvgIpc) is 2.54. The van der Waals surface area contributed by atoms with E-state index in [-0.39, 0.29) is 11.9 Å². The zero-order valence-electron chi connectivity index (χ0n) is 13.9. The molecule has 2 aliphatic carbocycles. The molecule has 0 radical (unpaired) electrons. The largest absolute Gasteiger partial charge is 0.466 e. The predicted octanol–water partition coefficient (Wildman–Crippen LogP) is 5.27. The summed E-state index contributed by atoms with van der Waals surface area (Å²) >= 11 is 0. The van der Waals surface area contributed by atoms with Gasteiger partial charge in [-0.2, -0.15) is 0 Å². The van der Waals surface area contributed by atoms with Gasteiger partial charge in [-0.3, -0.25) is 4.79 Å². The highest BCUT2D eigenvalue weighted by Crippen LogP contribution is 2.39. The minimum absolute atomic E-state index is 0.00159. The first-order chi connectivity index (χ1) is 10.3. The fraction of sp³-hybridized carbons (Fsp3) is 0.842. The molecule has 0 bridgehead atoms. The Labute approximate surface area is 130 Å². The van der Waals surface area contributed by atoms with Gasteiger partial charge in [-0.25, -0.2) is 0 Å². The molecule has 1 fully saturated rings. The molecule has 0 aromatic heterocycles. The SMILES string of the molecule is CCC[C@@H](C(=O)OCC)C1=CC[C@@H](C2CCCCC2)CC1. The number of esters is 1. The second-order valence-electron chi connectivity index (χ2n) is 6.80. The van der Waals surface area contributed by atoms with Gasteiger partial charge in [0, 0.05) is 0 Å². The summed E-state index contributed by atoms with van der Waals surface area (Å²) in [5, 5.41) is 0. The maximum absolute atomic E-state index is 12.2. The van der Waals surface area contributed by atoms with E-state index in [1.165, 1.54) is 50.5 Å². The molecule has 0 aromatic rings. The molecule has 2 heteroatoms. The molecule has 2 atom stereocenters. The highest BCUT2D eigenvalue weighted by molar-refractivity contribution is 5.75. The van der Waals surface area contributed by atoms with Gasteiger partial charge < -0.3 is 4.74 Å². The van der Waals surface area contributed by atoms with E-state index in [4.69, 9.17) is 4.74 Å². The van der Waals surface area contributed by atoms with Crippen LogP contribution in [0.5, 0.6) is 0 Å². The summed E-state index contributed by atoms with van der Waals surface area (Å²) in [6.45, 7) is 4.55. The van der Waals surface area contributed by atoms with E-state index in [2.05, 4.69) is 13.0 Å². The third kappa shape index (κ3) is 4.59. The summed E-state index contributed by atoms with van der Waals surface area (Å²) in [6, 6.07) is 0. The van der Waals surface area contributed by atoms with Gasteiger partial charge in [-0.15, -0.1) is 0 Å². The number of hydrogen-bond acceptors (Lipinski definition) is 2. The summed E-state index contributed by atoms with van der Waals surface area (Å²) in [5.74, 6) is 1.85. The highest BCUT2D eigenvalue weighted by Gasteiger charge is 2.29. The fourth-order valence-corrected chi connectivity index (χ4v) is 4.21. The summed E-state index contributed by atoms with van der Waals surface area (Å²) in [7, 11) is 0. The van der Waals surface area contributed by atoms with Crippen LogP contribution in [0.2, 0.25) is 0 Å². The van der Waals surface area contributed by atoms with E-state index in [1.54, 1.807) is 0 Å². The van der Waals surface area contributed by atoms with Crippen molar-refractivity contribution in [2.75, 3.05) is 6.61 Å². The van der Waals surface area contributed by atoms with E-state index >= 15 is 0 Å². The smallest absolute Gasteiger partial charge is 0.313 e. The van der Waals surface area contributed by atoms with Gasteiger partial charge in [0.1, 0.15) is 0 Å². The van der Waals surface area contributed by atoms with Crippen LogP contribution in [0.3, 0.4) is 0 Å². The third-order valence-electron chi connectivity index (χ3n) is 5.40. The zero-order chi connectivity index (χ0) is 15.1. The monoisotopic (exact) mass is 292 g/mol. The highest BCUT2D eigenvalue weighted by atomic mass is 16.5. The number of carbonyl (C=O) groups is 1. The molecule has 2 rings (SSSR count). The van der Waals surface area contributed by atoms with E-state index in [9.17, 15) is 4.79 Å². The Morgan fingerprint density at radius 1 is 1.19 bits per heavy atom. The summed E-state index contributed by atoms with van der Waals surface area (Å²) in [4.78, 5) is 12.2. The minimum atomic E-state index is 0.00159. The molecule has 0 N–H and O–H groups in total. The Kier molecular flexibility index (Phi) is 6.79.